The number of unbranched alkanes of at least 4 members (excludes halogenated alkanes) is 28. The topological polar surface area (TPSA) is 95.9 Å². The Balaban J connectivity index is 4.55. The first-order valence-corrected chi connectivity index (χ1v) is 25.4. The minimum Gasteiger partial charge on any atom is -0.462 e. The Morgan fingerprint density at radius 2 is 0.915 bits per heavy atom. The van der Waals surface area contributed by atoms with Crippen LogP contribution in [0.25, 0.3) is 0 Å². The molecule has 0 aromatic rings. The number of ether oxygens (including phenoxy) is 1. The lowest BCUT2D eigenvalue weighted by molar-refractivity contribution is -0.151. The average Bonchev–Trinajstić information content (AvgIpc) is 3.23. The number of carbonyl (C=O) groups is 2. The van der Waals surface area contributed by atoms with Gasteiger partial charge >= 0.3 is 5.97 Å². The number of nitrogens with one attached hydrogen (secondary N) is 1. The van der Waals surface area contributed by atoms with Crippen LogP contribution in [0.4, 0.5) is 0 Å². The zero-order valence-corrected chi connectivity index (χ0v) is 39.1. The van der Waals surface area contributed by atoms with Crippen LogP contribution in [0.3, 0.4) is 0 Å². The normalized spacial score (nSPS) is 13.6. The van der Waals surface area contributed by atoms with E-state index in [1.165, 1.54) is 148 Å². The summed E-state index contributed by atoms with van der Waals surface area (Å²) < 4.78 is 5.88. The largest absolute Gasteiger partial charge is 0.462 e. The predicted octanol–water partition coefficient (Wildman–Crippen LogP) is 15.1. The Labute approximate surface area is 366 Å². The van der Waals surface area contributed by atoms with Crippen molar-refractivity contribution < 1.29 is 24.5 Å². The van der Waals surface area contributed by atoms with Crippen LogP contribution in [-0.2, 0) is 14.3 Å². The molecule has 0 spiro atoms. The van der Waals surface area contributed by atoms with Gasteiger partial charge in [-0.1, -0.05) is 249 Å². The smallest absolute Gasteiger partial charge is 0.306 e. The second-order valence-electron chi connectivity index (χ2n) is 17.3. The molecule has 6 heteroatoms. The number of aliphatic hydroxyl groups excluding tert-OH is 2. The van der Waals surface area contributed by atoms with E-state index >= 15 is 0 Å². The molecule has 3 atom stereocenters. The number of carbonyl (C=O) groups excluding carboxylic acids is 2. The summed E-state index contributed by atoms with van der Waals surface area (Å²) in [7, 11) is 0. The Morgan fingerprint density at radius 1 is 0.508 bits per heavy atom. The van der Waals surface area contributed by atoms with Crippen molar-refractivity contribution >= 4 is 11.9 Å². The summed E-state index contributed by atoms with van der Waals surface area (Å²) in [6.45, 7) is 6.33. The Bertz CT molecular complexity index is 1020. The first kappa shape index (κ1) is 56.8. The summed E-state index contributed by atoms with van der Waals surface area (Å²) in [6.07, 6.45) is 56.1. The SMILES string of the molecule is CC/C=C/C=C/C=C\C=C/CCCC(CC(=O)NC(CO)C(O)CCCCCCCCCCCCCCCCCC)OC(=O)CCCCCCCCCCCCCCC. The van der Waals surface area contributed by atoms with Gasteiger partial charge in [-0.25, -0.2) is 0 Å². The van der Waals surface area contributed by atoms with Crippen LogP contribution >= 0.6 is 0 Å². The molecule has 0 aliphatic rings. The maximum Gasteiger partial charge on any atom is 0.306 e. The van der Waals surface area contributed by atoms with Crippen LogP contribution in [0.2, 0.25) is 0 Å². The molecule has 59 heavy (non-hydrogen) atoms. The molecule has 0 aromatic carbocycles. The fourth-order valence-corrected chi connectivity index (χ4v) is 7.68. The third-order valence-electron chi connectivity index (χ3n) is 11.5. The Kier molecular flexibility index (Phi) is 45.1. The standard InChI is InChI=1S/C53H97NO5/c1-4-7-10-13-16-19-22-24-25-26-28-30-33-36-39-42-45-51(56)50(48-55)54-52(57)47-49(44-41-38-35-32-29-21-18-15-12-9-6-3)59-53(58)46-43-40-37-34-31-27-23-20-17-14-11-8-5-2/h9,12,15,18,21,29,32,35,49-51,55-56H,4-8,10-11,13-14,16-17,19-20,22-28,30-31,33-34,36-48H2,1-3H3,(H,54,57)/b12-9+,18-15+,29-21-,35-32-. The third-order valence-corrected chi connectivity index (χ3v) is 11.5. The molecular formula is C53H97NO5. The molecular weight excluding hydrogens is 731 g/mol. The number of hydrogen-bond acceptors (Lipinski definition) is 5. The minimum atomic E-state index is -0.803. The van der Waals surface area contributed by atoms with Crippen molar-refractivity contribution in [3.05, 3.63) is 48.6 Å². The summed E-state index contributed by atoms with van der Waals surface area (Å²) in [5, 5.41) is 23.7. The Morgan fingerprint density at radius 3 is 1.36 bits per heavy atom. The first-order chi connectivity index (χ1) is 29.0. The van der Waals surface area contributed by atoms with E-state index in [2.05, 4.69) is 38.2 Å². The van der Waals surface area contributed by atoms with E-state index in [1.807, 2.05) is 36.5 Å². The molecule has 0 radical (unpaired) electrons. The molecule has 0 aliphatic carbocycles. The molecule has 0 rings (SSSR count). The number of hydrogen-bond donors (Lipinski definition) is 3. The fraction of sp³-hybridized carbons (Fsp3) is 0.811. The van der Waals surface area contributed by atoms with Crippen molar-refractivity contribution in [3.63, 3.8) is 0 Å². The van der Waals surface area contributed by atoms with Gasteiger partial charge in [-0.3, -0.25) is 9.59 Å². The maximum absolute atomic E-state index is 13.2. The second kappa shape index (κ2) is 46.9. The monoisotopic (exact) mass is 828 g/mol. The Hall–Kier alpha value is -2.18. The molecule has 0 heterocycles. The van der Waals surface area contributed by atoms with Crippen molar-refractivity contribution in [2.45, 2.75) is 270 Å². The van der Waals surface area contributed by atoms with Gasteiger partial charge in [0.15, 0.2) is 0 Å². The molecule has 344 valence electrons. The van der Waals surface area contributed by atoms with E-state index in [9.17, 15) is 19.8 Å². The third kappa shape index (κ3) is 42.3. The van der Waals surface area contributed by atoms with Crippen LogP contribution < -0.4 is 5.32 Å². The molecule has 1 amide bonds. The van der Waals surface area contributed by atoms with Crippen LogP contribution in [0.1, 0.15) is 252 Å². The van der Waals surface area contributed by atoms with E-state index < -0.39 is 18.2 Å². The van der Waals surface area contributed by atoms with Crippen molar-refractivity contribution in [2.24, 2.45) is 0 Å². The molecule has 0 saturated heterocycles. The molecule has 6 nitrogen and oxygen atoms in total. The molecule has 0 fully saturated rings. The van der Waals surface area contributed by atoms with Gasteiger partial charge in [0.25, 0.3) is 0 Å². The zero-order valence-electron chi connectivity index (χ0n) is 39.1. The van der Waals surface area contributed by atoms with Gasteiger partial charge in [-0.15, -0.1) is 0 Å². The van der Waals surface area contributed by atoms with Crippen LogP contribution in [0.5, 0.6) is 0 Å². The summed E-state index contributed by atoms with van der Waals surface area (Å²) in [6, 6.07) is -0.720. The highest BCUT2D eigenvalue weighted by molar-refractivity contribution is 5.77. The van der Waals surface area contributed by atoms with Gasteiger partial charge in [0.1, 0.15) is 6.10 Å². The molecule has 0 bridgehead atoms. The van der Waals surface area contributed by atoms with Gasteiger partial charge in [0.05, 0.1) is 25.2 Å². The average molecular weight is 828 g/mol. The van der Waals surface area contributed by atoms with E-state index in [0.717, 1.165) is 57.8 Å². The van der Waals surface area contributed by atoms with Crippen molar-refractivity contribution in [2.75, 3.05) is 6.61 Å². The van der Waals surface area contributed by atoms with E-state index in [-0.39, 0.29) is 24.9 Å². The molecule has 0 aromatic heterocycles. The molecule has 3 N–H and O–H groups in total. The lowest BCUT2D eigenvalue weighted by Gasteiger charge is -2.24. The van der Waals surface area contributed by atoms with Crippen LogP contribution in [-0.4, -0.2) is 46.9 Å². The van der Waals surface area contributed by atoms with Gasteiger partial charge < -0.3 is 20.3 Å². The highest BCUT2D eigenvalue weighted by Crippen LogP contribution is 2.18. The second-order valence-corrected chi connectivity index (χ2v) is 17.3. The number of amides is 1. The highest BCUT2D eigenvalue weighted by Gasteiger charge is 2.24. The number of rotatable bonds is 45. The van der Waals surface area contributed by atoms with Crippen LogP contribution in [0, 0.1) is 0 Å². The van der Waals surface area contributed by atoms with Crippen LogP contribution in [0.15, 0.2) is 48.6 Å². The number of aliphatic hydroxyl groups is 2. The van der Waals surface area contributed by atoms with Crippen molar-refractivity contribution in [1.82, 2.24) is 5.32 Å². The quantitative estimate of drug-likeness (QED) is 0.0323. The van der Waals surface area contributed by atoms with Crippen molar-refractivity contribution in [3.8, 4) is 0 Å². The van der Waals surface area contributed by atoms with Crippen molar-refractivity contribution in [1.29, 1.82) is 0 Å². The van der Waals surface area contributed by atoms with Gasteiger partial charge in [-0.05, 0) is 38.5 Å². The summed E-state index contributed by atoms with van der Waals surface area (Å²) in [4.78, 5) is 26.0. The summed E-state index contributed by atoms with van der Waals surface area (Å²) in [5.41, 5.74) is 0. The number of esters is 1. The highest BCUT2D eigenvalue weighted by atomic mass is 16.5. The van der Waals surface area contributed by atoms with Gasteiger partial charge in [-0.2, -0.15) is 0 Å². The van der Waals surface area contributed by atoms with E-state index in [0.29, 0.717) is 19.3 Å². The molecule has 3 unspecified atom stereocenters. The first-order valence-electron chi connectivity index (χ1n) is 25.4. The number of allylic oxidation sites excluding steroid dienone is 8. The van der Waals surface area contributed by atoms with E-state index in [4.69, 9.17) is 4.74 Å². The molecule has 0 saturated carbocycles. The van der Waals surface area contributed by atoms with Gasteiger partial charge in [0, 0.05) is 6.42 Å². The maximum atomic E-state index is 13.2. The summed E-state index contributed by atoms with van der Waals surface area (Å²) in [5.74, 6) is -0.535. The molecule has 0 aliphatic heterocycles. The van der Waals surface area contributed by atoms with E-state index in [1.54, 1.807) is 0 Å². The summed E-state index contributed by atoms with van der Waals surface area (Å²) >= 11 is 0. The zero-order chi connectivity index (χ0) is 43.1. The fourth-order valence-electron chi connectivity index (χ4n) is 7.68. The minimum absolute atomic E-state index is 0.0340. The lowest BCUT2D eigenvalue weighted by atomic mass is 10.0. The lowest BCUT2D eigenvalue weighted by Crippen LogP contribution is -2.46. The predicted molar refractivity (Wildman–Crippen MR) is 255 cm³/mol. The van der Waals surface area contributed by atoms with Gasteiger partial charge in [0.2, 0.25) is 5.91 Å².